The number of Topliss-reactive ketones (excluding diaryl/α,β-unsaturated/α-hetero) is 1. The number of nitrogens with zero attached hydrogens (tertiary/aromatic N) is 1. The first-order chi connectivity index (χ1) is 19.3. The molecule has 202 valence electrons. The fourth-order valence-electron chi connectivity index (χ4n) is 4.94. The molecule has 1 aromatic heterocycles. The molecule has 1 unspecified atom stereocenters. The summed E-state index contributed by atoms with van der Waals surface area (Å²) >= 11 is 0. The molecule has 40 heavy (non-hydrogen) atoms. The molecule has 1 heterocycles. The molecule has 7 nitrogen and oxygen atoms in total. The zero-order valence-electron chi connectivity index (χ0n) is 22.7. The summed E-state index contributed by atoms with van der Waals surface area (Å²) in [5, 5.41) is 3.43. The highest BCUT2D eigenvalue weighted by Crippen LogP contribution is 2.36. The van der Waals surface area contributed by atoms with E-state index >= 15 is 0 Å². The number of ether oxygens (including phenoxy) is 2. The van der Waals surface area contributed by atoms with Crippen LogP contribution in [0, 0.1) is 0 Å². The number of ketones is 1. The van der Waals surface area contributed by atoms with Crippen molar-refractivity contribution in [1.82, 2.24) is 4.98 Å². The first-order valence-electron chi connectivity index (χ1n) is 13.2. The number of benzene rings is 3. The van der Waals surface area contributed by atoms with Gasteiger partial charge in [0.1, 0.15) is 5.75 Å². The summed E-state index contributed by atoms with van der Waals surface area (Å²) < 4.78 is 11.0. The van der Waals surface area contributed by atoms with Crippen molar-refractivity contribution >= 4 is 45.9 Å². The minimum atomic E-state index is -1.06. The molecule has 3 aromatic carbocycles. The van der Waals surface area contributed by atoms with E-state index in [-0.39, 0.29) is 5.78 Å². The lowest BCUT2D eigenvalue weighted by Gasteiger charge is -2.23. The Hall–Kier alpha value is -4.78. The van der Waals surface area contributed by atoms with E-state index in [1.807, 2.05) is 48.5 Å². The molecule has 1 aliphatic carbocycles. The van der Waals surface area contributed by atoms with Gasteiger partial charge in [-0.2, -0.15) is 0 Å². The van der Waals surface area contributed by atoms with E-state index in [0.717, 1.165) is 41.0 Å². The van der Waals surface area contributed by atoms with Crippen molar-refractivity contribution in [3.8, 4) is 5.75 Å². The maximum atomic E-state index is 13.7. The van der Waals surface area contributed by atoms with E-state index in [1.165, 1.54) is 13.8 Å². The second kappa shape index (κ2) is 11.5. The number of carbonyl (C=O) groups is 3. The highest BCUT2D eigenvalue weighted by atomic mass is 16.5. The van der Waals surface area contributed by atoms with Crippen molar-refractivity contribution in [2.75, 3.05) is 12.4 Å². The average Bonchev–Trinajstić information content (AvgIpc) is 2.96. The summed E-state index contributed by atoms with van der Waals surface area (Å²) in [7, 11) is 1.64. The van der Waals surface area contributed by atoms with Gasteiger partial charge < -0.3 is 14.8 Å². The van der Waals surface area contributed by atoms with E-state index < -0.39 is 18.0 Å². The Labute approximate surface area is 232 Å². The molecule has 7 heteroatoms. The van der Waals surface area contributed by atoms with Crippen LogP contribution in [-0.4, -0.2) is 35.9 Å². The molecule has 1 atom stereocenters. The molecule has 5 rings (SSSR count). The third kappa shape index (κ3) is 5.64. The number of carbonyl (C=O) groups excluding carboxylic acids is 3. The third-order valence-electron chi connectivity index (χ3n) is 7.02. The van der Waals surface area contributed by atoms with Gasteiger partial charge in [0.15, 0.2) is 11.9 Å². The van der Waals surface area contributed by atoms with Crippen molar-refractivity contribution < 1.29 is 23.9 Å². The van der Waals surface area contributed by atoms with Gasteiger partial charge in [-0.3, -0.25) is 9.59 Å². The molecular weight excluding hydrogens is 504 g/mol. The molecule has 0 radical (unpaired) electrons. The highest BCUT2D eigenvalue weighted by Gasteiger charge is 2.28. The van der Waals surface area contributed by atoms with Crippen LogP contribution in [0.2, 0.25) is 0 Å². The van der Waals surface area contributed by atoms with Gasteiger partial charge in [-0.05, 0) is 86.2 Å². The van der Waals surface area contributed by atoms with E-state index in [9.17, 15) is 14.4 Å². The smallest absolute Gasteiger partial charge is 0.339 e. The molecule has 4 aromatic rings. The molecule has 0 spiro atoms. The van der Waals surface area contributed by atoms with Crippen LogP contribution < -0.4 is 10.1 Å². The van der Waals surface area contributed by atoms with Crippen molar-refractivity contribution in [3.63, 3.8) is 0 Å². The number of esters is 1. The quantitative estimate of drug-likeness (QED) is 0.215. The summed E-state index contributed by atoms with van der Waals surface area (Å²) in [6, 6.07) is 21.9. The van der Waals surface area contributed by atoms with Crippen LogP contribution in [0.5, 0.6) is 5.75 Å². The number of para-hydroxylation sites is 1. The number of amides is 1. The second-order valence-electron chi connectivity index (χ2n) is 9.80. The summed E-state index contributed by atoms with van der Waals surface area (Å²) in [6.45, 7) is 3.00. The van der Waals surface area contributed by atoms with Crippen molar-refractivity contribution in [3.05, 3.63) is 101 Å². The SMILES string of the molecule is COc1ccc(C=C2CCCc3c2nc2ccccc2c3C(=O)OC(C)C(=O)Nc2cccc(C(C)=O)c2)cc1. The number of allylic oxidation sites excluding steroid dienone is 1. The van der Waals surface area contributed by atoms with Gasteiger partial charge in [0.05, 0.1) is 23.9 Å². The third-order valence-corrected chi connectivity index (χ3v) is 7.02. The molecular formula is C33H30N2O5. The zero-order chi connectivity index (χ0) is 28.2. The van der Waals surface area contributed by atoms with Crippen LogP contribution in [0.25, 0.3) is 22.6 Å². The Morgan fingerprint density at radius 2 is 1.75 bits per heavy atom. The molecule has 1 amide bonds. The Morgan fingerprint density at radius 1 is 0.975 bits per heavy atom. The van der Waals surface area contributed by atoms with E-state index in [2.05, 4.69) is 11.4 Å². The van der Waals surface area contributed by atoms with Crippen molar-refractivity contribution in [2.24, 2.45) is 0 Å². The Morgan fingerprint density at radius 3 is 2.50 bits per heavy atom. The molecule has 1 aliphatic rings. The van der Waals surface area contributed by atoms with Gasteiger partial charge in [-0.15, -0.1) is 0 Å². The van der Waals surface area contributed by atoms with Crippen molar-refractivity contribution in [1.29, 1.82) is 0 Å². The topological polar surface area (TPSA) is 94.6 Å². The maximum Gasteiger partial charge on any atom is 0.339 e. The number of rotatable bonds is 7. The number of methoxy groups -OCH3 is 1. The number of nitrogens with one attached hydrogen (secondary N) is 1. The van der Waals surface area contributed by atoms with Gasteiger partial charge in [0.25, 0.3) is 5.91 Å². The number of aromatic nitrogens is 1. The van der Waals surface area contributed by atoms with Crippen molar-refractivity contribution in [2.45, 2.75) is 39.2 Å². The van der Waals surface area contributed by atoms with Crippen LogP contribution in [0.15, 0.2) is 72.8 Å². The minimum Gasteiger partial charge on any atom is -0.497 e. The molecule has 0 aliphatic heterocycles. The van der Waals surface area contributed by atoms with Gasteiger partial charge in [-0.1, -0.05) is 42.5 Å². The number of fused-ring (bicyclic) bond motifs is 2. The van der Waals surface area contributed by atoms with Gasteiger partial charge in [0.2, 0.25) is 0 Å². The summed E-state index contributed by atoms with van der Waals surface area (Å²) in [4.78, 5) is 43.2. The largest absolute Gasteiger partial charge is 0.497 e. The first kappa shape index (κ1) is 26.8. The number of hydrogen-bond donors (Lipinski definition) is 1. The monoisotopic (exact) mass is 534 g/mol. The summed E-state index contributed by atoms with van der Waals surface area (Å²) in [5.74, 6) is -0.377. The Bertz CT molecular complexity index is 1640. The number of hydrogen-bond acceptors (Lipinski definition) is 6. The van der Waals surface area contributed by atoms with Gasteiger partial charge in [-0.25, -0.2) is 9.78 Å². The first-order valence-corrected chi connectivity index (χ1v) is 13.2. The van der Waals surface area contributed by atoms with E-state index in [0.29, 0.717) is 34.1 Å². The summed E-state index contributed by atoms with van der Waals surface area (Å²) in [6.07, 6.45) is 3.40. The lowest BCUT2D eigenvalue weighted by molar-refractivity contribution is -0.123. The normalized spacial score (nSPS) is 14.3. The van der Waals surface area contributed by atoms with Crippen LogP contribution >= 0.6 is 0 Å². The fourth-order valence-corrected chi connectivity index (χ4v) is 4.94. The zero-order valence-corrected chi connectivity index (χ0v) is 22.7. The lowest BCUT2D eigenvalue weighted by Crippen LogP contribution is -2.30. The molecule has 0 saturated heterocycles. The molecule has 1 N–H and O–H groups in total. The molecule has 0 fully saturated rings. The fraction of sp³-hybridized carbons (Fsp3) is 0.212. The maximum absolute atomic E-state index is 13.7. The highest BCUT2D eigenvalue weighted by molar-refractivity contribution is 6.08. The van der Waals surface area contributed by atoms with E-state index in [1.54, 1.807) is 31.4 Å². The van der Waals surface area contributed by atoms with Gasteiger partial charge in [0, 0.05) is 16.6 Å². The van der Waals surface area contributed by atoms with Crippen LogP contribution in [-0.2, 0) is 16.0 Å². The van der Waals surface area contributed by atoms with Crippen LogP contribution in [0.3, 0.4) is 0 Å². The summed E-state index contributed by atoms with van der Waals surface area (Å²) in [5.41, 5.74) is 5.75. The standard InChI is InChI=1S/C33H30N2O5/c1-20(36)23-8-6-10-25(19-23)34-32(37)21(2)40-33(38)30-27-11-4-5-13-29(27)35-31-24(9-7-12-28(30)31)18-22-14-16-26(39-3)17-15-22/h4-6,8,10-11,13-19,21H,7,9,12H2,1-3H3,(H,34,37). The molecule has 0 bridgehead atoms. The number of anilines is 1. The lowest BCUT2D eigenvalue weighted by atomic mass is 9.86. The predicted molar refractivity (Wildman–Crippen MR) is 155 cm³/mol. The van der Waals surface area contributed by atoms with Crippen LogP contribution in [0.4, 0.5) is 5.69 Å². The second-order valence-corrected chi connectivity index (χ2v) is 9.80. The number of pyridine rings is 1. The van der Waals surface area contributed by atoms with Crippen LogP contribution in [0.1, 0.15) is 64.2 Å². The predicted octanol–water partition coefficient (Wildman–Crippen LogP) is 6.51. The Balaban J connectivity index is 1.46. The minimum absolute atomic E-state index is 0.106. The van der Waals surface area contributed by atoms with Gasteiger partial charge >= 0.3 is 5.97 Å². The van der Waals surface area contributed by atoms with E-state index in [4.69, 9.17) is 14.5 Å². The molecule has 0 saturated carbocycles. The Kier molecular flexibility index (Phi) is 7.73. The average molecular weight is 535 g/mol.